The van der Waals surface area contributed by atoms with E-state index in [0.717, 1.165) is 44.0 Å². The number of carbonyl (C=O) groups is 1. The molecule has 0 aliphatic carbocycles. The molecule has 130 valence electrons. The number of nitrogens with zero attached hydrogens (tertiary/aromatic N) is 3. The van der Waals surface area contributed by atoms with E-state index in [1.165, 1.54) is 25.7 Å². The third kappa shape index (κ3) is 2.97. The third-order valence-electron chi connectivity index (χ3n) is 6.03. The Morgan fingerprint density at radius 1 is 1.04 bits per heavy atom. The number of carbonyl (C=O) groups excluding carboxylic acids is 1. The lowest BCUT2D eigenvalue weighted by molar-refractivity contribution is 0.200. The maximum absolute atomic E-state index is 12.8. The van der Waals surface area contributed by atoms with Crippen LogP contribution in [0, 0.1) is 0 Å². The van der Waals surface area contributed by atoms with E-state index in [0.29, 0.717) is 12.1 Å². The molecule has 0 radical (unpaired) electrons. The van der Waals surface area contributed by atoms with Gasteiger partial charge in [0.2, 0.25) is 0 Å². The Morgan fingerprint density at radius 3 is 2.62 bits per heavy atom. The maximum atomic E-state index is 12.8. The molecule has 0 aromatic heterocycles. The summed E-state index contributed by atoms with van der Waals surface area (Å²) in [6, 6.07) is 9.46. The first-order valence-corrected chi connectivity index (χ1v) is 9.34. The standard InChI is InChI=1S/C19H28N4O/c1-21-15-8-9-16(21)14-23(13-10-15)19(24)20-17-6-2-3-7-18(17)22-11-4-5-12-22/h2-3,6-7,15-16H,4-5,8-14H2,1H3,(H,20,24). The highest BCUT2D eigenvalue weighted by atomic mass is 16.2. The van der Waals surface area contributed by atoms with Gasteiger partial charge in [-0.25, -0.2) is 4.79 Å². The van der Waals surface area contributed by atoms with Crippen LogP contribution >= 0.6 is 0 Å². The molecular weight excluding hydrogens is 300 g/mol. The molecule has 3 aliphatic heterocycles. The lowest BCUT2D eigenvalue weighted by Crippen LogP contribution is -2.41. The number of urea groups is 1. The first kappa shape index (κ1) is 15.8. The average molecular weight is 328 g/mol. The van der Waals surface area contributed by atoms with Crippen molar-refractivity contribution in [3.63, 3.8) is 0 Å². The number of hydrogen-bond acceptors (Lipinski definition) is 3. The van der Waals surface area contributed by atoms with Crippen molar-refractivity contribution in [2.75, 3.05) is 43.4 Å². The number of benzene rings is 1. The Morgan fingerprint density at radius 2 is 1.79 bits per heavy atom. The van der Waals surface area contributed by atoms with Gasteiger partial charge in [0.15, 0.2) is 0 Å². The summed E-state index contributed by atoms with van der Waals surface area (Å²) < 4.78 is 0. The van der Waals surface area contributed by atoms with Crippen LogP contribution in [0.4, 0.5) is 16.2 Å². The number of anilines is 2. The molecule has 2 atom stereocenters. The quantitative estimate of drug-likeness (QED) is 0.907. The van der Waals surface area contributed by atoms with Crippen LogP contribution in [-0.2, 0) is 0 Å². The van der Waals surface area contributed by atoms with Crippen molar-refractivity contribution in [1.82, 2.24) is 9.80 Å². The zero-order chi connectivity index (χ0) is 16.5. The fourth-order valence-corrected chi connectivity index (χ4v) is 4.50. The monoisotopic (exact) mass is 328 g/mol. The van der Waals surface area contributed by atoms with Gasteiger partial charge in [-0.15, -0.1) is 0 Å². The molecule has 24 heavy (non-hydrogen) atoms. The first-order valence-electron chi connectivity index (χ1n) is 9.34. The number of amides is 2. The minimum Gasteiger partial charge on any atom is -0.370 e. The smallest absolute Gasteiger partial charge is 0.321 e. The Bertz CT molecular complexity index is 599. The molecule has 5 nitrogen and oxygen atoms in total. The summed E-state index contributed by atoms with van der Waals surface area (Å²) in [7, 11) is 2.21. The van der Waals surface area contributed by atoms with Gasteiger partial charge in [0.25, 0.3) is 0 Å². The molecule has 1 N–H and O–H groups in total. The molecule has 3 aliphatic rings. The minimum absolute atomic E-state index is 0.0580. The zero-order valence-electron chi connectivity index (χ0n) is 14.6. The summed E-state index contributed by atoms with van der Waals surface area (Å²) in [5.74, 6) is 0. The Hall–Kier alpha value is -1.75. The fourth-order valence-electron chi connectivity index (χ4n) is 4.50. The topological polar surface area (TPSA) is 38.8 Å². The second kappa shape index (κ2) is 6.63. The normalized spacial score (nSPS) is 27.4. The number of likely N-dealkylation sites (N-methyl/N-ethyl adjacent to an activating group) is 1. The molecule has 5 heteroatoms. The third-order valence-corrected chi connectivity index (χ3v) is 6.03. The minimum atomic E-state index is 0.0580. The van der Waals surface area contributed by atoms with E-state index in [4.69, 9.17) is 0 Å². The molecule has 3 fully saturated rings. The van der Waals surface area contributed by atoms with E-state index in [1.54, 1.807) is 0 Å². The lowest BCUT2D eigenvalue weighted by Gasteiger charge is -2.27. The first-order chi connectivity index (χ1) is 11.7. The molecule has 0 spiro atoms. The van der Waals surface area contributed by atoms with E-state index in [9.17, 15) is 4.79 Å². The highest BCUT2D eigenvalue weighted by Gasteiger charge is 2.36. The van der Waals surface area contributed by atoms with Gasteiger partial charge in [0.05, 0.1) is 11.4 Å². The SMILES string of the molecule is CN1C2CCC1CN(C(=O)Nc1ccccc1N1CCCC1)CC2. The molecular formula is C19H28N4O. The highest BCUT2D eigenvalue weighted by molar-refractivity contribution is 5.93. The van der Waals surface area contributed by atoms with E-state index < -0.39 is 0 Å². The number of likely N-dealkylation sites (tertiary alicyclic amines) is 1. The molecule has 2 bridgehead atoms. The molecule has 0 saturated carbocycles. The van der Waals surface area contributed by atoms with Gasteiger partial charge in [0, 0.05) is 38.3 Å². The largest absolute Gasteiger partial charge is 0.370 e. The Labute approximate surface area is 144 Å². The molecule has 2 unspecified atom stereocenters. The van der Waals surface area contributed by atoms with Crippen LogP contribution in [0.5, 0.6) is 0 Å². The predicted molar refractivity (Wildman–Crippen MR) is 97.7 cm³/mol. The molecule has 1 aromatic rings. The van der Waals surface area contributed by atoms with Gasteiger partial charge in [-0.2, -0.15) is 0 Å². The Balaban J connectivity index is 1.46. The van der Waals surface area contributed by atoms with Crippen LogP contribution in [-0.4, -0.2) is 61.1 Å². The van der Waals surface area contributed by atoms with Crippen LogP contribution < -0.4 is 10.2 Å². The van der Waals surface area contributed by atoms with Gasteiger partial charge < -0.3 is 15.1 Å². The van der Waals surface area contributed by atoms with Crippen molar-refractivity contribution in [3.8, 4) is 0 Å². The van der Waals surface area contributed by atoms with Crippen LogP contribution in [0.15, 0.2) is 24.3 Å². The summed E-state index contributed by atoms with van der Waals surface area (Å²) in [5, 5.41) is 3.19. The summed E-state index contributed by atoms with van der Waals surface area (Å²) in [6.45, 7) is 3.89. The fraction of sp³-hybridized carbons (Fsp3) is 0.632. The van der Waals surface area contributed by atoms with Gasteiger partial charge in [-0.05, 0) is 51.3 Å². The van der Waals surface area contributed by atoms with Gasteiger partial charge in [-0.1, -0.05) is 12.1 Å². The van der Waals surface area contributed by atoms with Crippen molar-refractivity contribution in [2.24, 2.45) is 0 Å². The van der Waals surface area contributed by atoms with E-state index in [2.05, 4.69) is 34.3 Å². The number of para-hydroxylation sites is 2. The number of rotatable bonds is 2. The van der Waals surface area contributed by atoms with Crippen molar-refractivity contribution >= 4 is 17.4 Å². The predicted octanol–water partition coefficient (Wildman–Crippen LogP) is 2.99. The van der Waals surface area contributed by atoms with Crippen molar-refractivity contribution < 1.29 is 4.79 Å². The lowest BCUT2D eigenvalue weighted by atomic mass is 10.1. The second-order valence-electron chi connectivity index (χ2n) is 7.43. The average Bonchev–Trinajstić information content (AvgIpc) is 3.17. The molecule has 2 amide bonds. The number of hydrogen-bond donors (Lipinski definition) is 1. The van der Waals surface area contributed by atoms with Crippen molar-refractivity contribution in [2.45, 2.75) is 44.2 Å². The van der Waals surface area contributed by atoms with Crippen molar-refractivity contribution in [1.29, 1.82) is 0 Å². The van der Waals surface area contributed by atoms with Gasteiger partial charge >= 0.3 is 6.03 Å². The maximum Gasteiger partial charge on any atom is 0.321 e. The summed E-state index contributed by atoms with van der Waals surface area (Å²) in [5.41, 5.74) is 2.11. The van der Waals surface area contributed by atoms with Gasteiger partial charge in [-0.3, -0.25) is 4.90 Å². The van der Waals surface area contributed by atoms with Crippen molar-refractivity contribution in [3.05, 3.63) is 24.3 Å². The second-order valence-corrected chi connectivity index (χ2v) is 7.43. The van der Waals surface area contributed by atoms with Crippen LogP contribution in [0.2, 0.25) is 0 Å². The van der Waals surface area contributed by atoms with Gasteiger partial charge in [0.1, 0.15) is 0 Å². The van der Waals surface area contributed by atoms with Crippen LogP contribution in [0.3, 0.4) is 0 Å². The van der Waals surface area contributed by atoms with Crippen LogP contribution in [0.25, 0.3) is 0 Å². The molecule has 4 rings (SSSR count). The van der Waals surface area contributed by atoms with E-state index in [-0.39, 0.29) is 6.03 Å². The van der Waals surface area contributed by atoms with E-state index >= 15 is 0 Å². The Kier molecular flexibility index (Phi) is 4.35. The molecule has 1 aromatic carbocycles. The molecule has 3 heterocycles. The number of nitrogens with one attached hydrogen (secondary N) is 1. The van der Waals surface area contributed by atoms with E-state index in [1.807, 2.05) is 17.0 Å². The summed E-state index contributed by atoms with van der Waals surface area (Å²) >= 11 is 0. The highest BCUT2D eigenvalue weighted by Crippen LogP contribution is 2.31. The number of fused-ring (bicyclic) bond motifs is 2. The summed E-state index contributed by atoms with van der Waals surface area (Å²) in [4.78, 5) is 19.7. The molecule has 3 saturated heterocycles. The zero-order valence-corrected chi connectivity index (χ0v) is 14.6. The summed E-state index contributed by atoms with van der Waals surface area (Å²) in [6.07, 6.45) is 6.07. The van der Waals surface area contributed by atoms with Crippen LogP contribution in [0.1, 0.15) is 32.1 Å².